The normalized spacial score (nSPS) is 14.2. The molecule has 2 rings (SSSR count). The average Bonchev–Trinajstić information content (AvgIpc) is 2.58. The van der Waals surface area contributed by atoms with Gasteiger partial charge in [-0.3, -0.25) is 9.59 Å². The first-order valence-corrected chi connectivity index (χ1v) is 7.54. The summed E-state index contributed by atoms with van der Waals surface area (Å²) in [7, 11) is 0. The van der Waals surface area contributed by atoms with E-state index in [1.807, 2.05) is 12.1 Å². The van der Waals surface area contributed by atoms with Crippen molar-refractivity contribution >= 4 is 17.8 Å². The zero-order valence-electron chi connectivity index (χ0n) is 13.0. The van der Waals surface area contributed by atoms with E-state index in [2.05, 4.69) is 11.7 Å². The van der Waals surface area contributed by atoms with Crippen LogP contribution in [0.25, 0.3) is 0 Å². The van der Waals surface area contributed by atoms with E-state index < -0.39 is 0 Å². The van der Waals surface area contributed by atoms with E-state index in [1.54, 1.807) is 6.07 Å². The lowest BCUT2D eigenvalue weighted by atomic mass is 9.98. The van der Waals surface area contributed by atoms with Crippen LogP contribution in [0.1, 0.15) is 35.2 Å². The number of nitrogens with zero attached hydrogens (tertiary/aromatic N) is 1. The maximum atomic E-state index is 12.3. The lowest BCUT2D eigenvalue weighted by Gasteiger charge is -2.17. The molecular formula is C18H20N2O3. The van der Waals surface area contributed by atoms with E-state index in [4.69, 9.17) is 10.6 Å². The van der Waals surface area contributed by atoms with E-state index >= 15 is 0 Å². The summed E-state index contributed by atoms with van der Waals surface area (Å²) in [6.07, 6.45) is 6.40. The van der Waals surface area contributed by atoms with Crippen LogP contribution in [0.4, 0.5) is 0 Å². The fourth-order valence-corrected chi connectivity index (χ4v) is 2.46. The first-order valence-electron chi connectivity index (χ1n) is 7.54. The first-order chi connectivity index (χ1) is 11.2. The van der Waals surface area contributed by atoms with Gasteiger partial charge in [0.1, 0.15) is 5.75 Å². The van der Waals surface area contributed by atoms with Crippen molar-refractivity contribution in [2.75, 3.05) is 6.61 Å². The maximum absolute atomic E-state index is 12.3. The summed E-state index contributed by atoms with van der Waals surface area (Å²) in [6.45, 7) is 4.26. The Morgan fingerprint density at radius 1 is 1.35 bits per heavy atom. The van der Waals surface area contributed by atoms with Crippen molar-refractivity contribution in [2.24, 2.45) is 10.9 Å². The molecule has 0 fully saturated rings. The molecule has 2 N–H and O–H groups in total. The molecule has 0 amide bonds. The molecule has 0 saturated carbocycles. The molecule has 0 aliphatic carbocycles. The Bertz CT molecular complexity index is 675. The zero-order chi connectivity index (χ0) is 16.7. The van der Waals surface area contributed by atoms with Crippen LogP contribution in [0.2, 0.25) is 0 Å². The van der Waals surface area contributed by atoms with E-state index in [0.29, 0.717) is 11.1 Å². The van der Waals surface area contributed by atoms with E-state index in [9.17, 15) is 9.59 Å². The maximum Gasteiger partial charge on any atom is 0.164 e. The van der Waals surface area contributed by atoms with Gasteiger partial charge in [0.15, 0.2) is 11.6 Å². The van der Waals surface area contributed by atoms with Crippen LogP contribution in [0.15, 0.2) is 47.6 Å². The monoisotopic (exact) mass is 312 g/mol. The summed E-state index contributed by atoms with van der Waals surface area (Å²) in [4.78, 5) is 24.3. The smallest absolute Gasteiger partial charge is 0.164 e. The summed E-state index contributed by atoms with van der Waals surface area (Å²) in [5, 5.41) is 3.35. The summed E-state index contributed by atoms with van der Waals surface area (Å²) >= 11 is 0. The van der Waals surface area contributed by atoms with Gasteiger partial charge in [-0.15, -0.1) is 0 Å². The Hall–Kier alpha value is -2.69. The van der Waals surface area contributed by atoms with Gasteiger partial charge in [-0.05, 0) is 36.6 Å². The van der Waals surface area contributed by atoms with Gasteiger partial charge in [-0.2, -0.15) is 5.10 Å². The van der Waals surface area contributed by atoms with E-state index in [0.717, 1.165) is 30.8 Å². The highest BCUT2D eigenvalue weighted by Crippen LogP contribution is 2.26. The highest BCUT2D eigenvalue weighted by atomic mass is 16.5. The molecule has 5 nitrogen and oxygen atoms in total. The fourth-order valence-electron chi connectivity index (χ4n) is 2.46. The number of Topliss-reactive ketones (excluding diaryl/α,β-unsaturated/α-hetero) is 2. The Labute approximate surface area is 135 Å². The number of hydrazone groups is 1. The second kappa shape index (κ2) is 8.08. The molecule has 1 aromatic carbocycles. The number of aryl methyl sites for hydroxylation is 1. The quantitative estimate of drug-likeness (QED) is 0.209. The van der Waals surface area contributed by atoms with Crippen LogP contribution in [-0.2, 0) is 11.2 Å². The van der Waals surface area contributed by atoms with Crippen LogP contribution in [0.3, 0.4) is 0 Å². The van der Waals surface area contributed by atoms with Crippen LogP contribution in [-0.4, -0.2) is 24.4 Å². The second-order valence-electron chi connectivity index (χ2n) is 5.26. The minimum Gasteiger partial charge on any atom is -0.493 e. The standard InChI is InChI=1S/C18H20N2O3/c1-2-4-15(12-20-19)17(22)8-7-16(21)13-6-9-18-14(11-13)5-3-10-23-18/h2,4,6,9,11-12H,1,3,5,7-8,10,19H2/b15-4+,20-12-. The van der Waals surface area contributed by atoms with Crippen LogP contribution in [0, 0.1) is 0 Å². The number of fused-ring (bicyclic) bond motifs is 1. The predicted molar refractivity (Wildman–Crippen MR) is 89.8 cm³/mol. The molecule has 0 atom stereocenters. The Morgan fingerprint density at radius 3 is 2.91 bits per heavy atom. The lowest BCUT2D eigenvalue weighted by Crippen LogP contribution is -2.11. The molecule has 1 aliphatic heterocycles. The van der Waals surface area contributed by atoms with Gasteiger partial charge in [-0.25, -0.2) is 0 Å². The van der Waals surface area contributed by atoms with Gasteiger partial charge in [0.25, 0.3) is 0 Å². The molecule has 0 bridgehead atoms. The van der Waals surface area contributed by atoms with Crippen LogP contribution in [0.5, 0.6) is 5.75 Å². The highest BCUT2D eigenvalue weighted by molar-refractivity contribution is 6.14. The molecule has 1 aromatic rings. The largest absolute Gasteiger partial charge is 0.493 e. The number of nitrogens with two attached hydrogens (primary N) is 1. The summed E-state index contributed by atoms with van der Waals surface area (Å²) in [5.41, 5.74) is 2.01. The Balaban J connectivity index is 2.00. The molecule has 0 unspecified atom stereocenters. The minimum atomic E-state index is -0.186. The van der Waals surface area contributed by atoms with Crippen LogP contribution < -0.4 is 10.6 Å². The van der Waals surface area contributed by atoms with Crippen molar-refractivity contribution in [1.82, 2.24) is 0 Å². The summed E-state index contributed by atoms with van der Waals surface area (Å²) in [6, 6.07) is 5.44. The molecule has 23 heavy (non-hydrogen) atoms. The van der Waals surface area contributed by atoms with Gasteiger partial charge < -0.3 is 10.6 Å². The molecule has 5 heteroatoms. The molecule has 120 valence electrons. The van der Waals surface area contributed by atoms with Crippen molar-refractivity contribution < 1.29 is 14.3 Å². The number of hydrogen-bond acceptors (Lipinski definition) is 5. The number of hydrogen-bond donors (Lipinski definition) is 1. The lowest BCUT2D eigenvalue weighted by molar-refractivity contribution is -0.115. The third kappa shape index (κ3) is 4.39. The second-order valence-corrected chi connectivity index (χ2v) is 5.26. The average molecular weight is 312 g/mol. The van der Waals surface area contributed by atoms with Crippen molar-refractivity contribution in [3.05, 3.63) is 53.6 Å². The number of carbonyl (C=O) groups is 2. The zero-order valence-corrected chi connectivity index (χ0v) is 13.0. The van der Waals surface area contributed by atoms with Crippen LogP contribution >= 0.6 is 0 Å². The third-order valence-electron chi connectivity index (χ3n) is 3.64. The number of allylic oxidation sites excluding steroid dienone is 3. The number of carbonyl (C=O) groups excluding carboxylic acids is 2. The Kier molecular flexibility index (Phi) is 5.86. The molecular weight excluding hydrogens is 292 g/mol. The minimum absolute atomic E-state index is 0.0608. The molecule has 1 heterocycles. The van der Waals surface area contributed by atoms with Gasteiger partial charge in [0.05, 0.1) is 12.8 Å². The molecule has 0 spiro atoms. The summed E-state index contributed by atoms with van der Waals surface area (Å²) < 4.78 is 5.53. The highest BCUT2D eigenvalue weighted by Gasteiger charge is 2.15. The van der Waals surface area contributed by atoms with Gasteiger partial charge in [0, 0.05) is 24.0 Å². The number of ether oxygens (including phenoxy) is 1. The Morgan fingerprint density at radius 2 is 2.17 bits per heavy atom. The molecule has 0 aromatic heterocycles. The number of benzene rings is 1. The predicted octanol–water partition coefficient (Wildman–Crippen LogP) is 2.60. The molecule has 0 radical (unpaired) electrons. The number of rotatable bonds is 7. The fraction of sp³-hybridized carbons (Fsp3) is 0.278. The third-order valence-corrected chi connectivity index (χ3v) is 3.64. The van der Waals surface area contributed by atoms with Crippen molar-refractivity contribution in [3.63, 3.8) is 0 Å². The molecule has 0 saturated heterocycles. The van der Waals surface area contributed by atoms with Crippen molar-refractivity contribution in [1.29, 1.82) is 0 Å². The van der Waals surface area contributed by atoms with Gasteiger partial charge in [0.2, 0.25) is 0 Å². The molecule has 1 aliphatic rings. The van der Waals surface area contributed by atoms with Gasteiger partial charge >= 0.3 is 0 Å². The van der Waals surface area contributed by atoms with E-state index in [-0.39, 0.29) is 24.4 Å². The first kappa shape index (κ1) is 16.7. The SMILES string of the molecule is C=C/C=C(\C=N/N)C(=O)CCC(=O)c1ccc2c(c1)CCCO2. The van der Waals surface area contributed by atoms with Crippen molar-refractivity contribution in [3.8, 4) is 5.75 Å². The topological polar surface area (TPSA) is 81.8 Å². The number of ketones is 2. The van der Waals surface area contributed by atoms with Gasteiger partial charge in [-0.1, -0.05) is 18.7 Å². The van der Waals surface area contributed by atoms with Crippen molar-refractivity contribution in [2.45, 2.75) is 25.7 Å². The van der Waals surface area contributed by atoms with E-state index in [1.165, 1.54) is 18.4 Å². The summed E-state index contributed by atoms with van der Waals surface area (Å²) in [5.74, 6) is 5.67.